The number of hydrogen-bond acceptors (Lipinski definition) is 3. The number of hydrogen-bond donors (Lipinski definition) is 1. The Bertz CT molecular complexity index is 434. The molecule has 0 bridgehead atoms. The lowest BCUT2D eigenvalue weighted by molar-refractivity contribution is -0.133. The van der Waals surface area contributed by atoms with Gasteiger partial charge in [-0.15, -0.1) is 12.4 Å². The van der Waals surface area contributed by atoms with Gasteiger partial charge in [-0.2, -0.15) is 0 Å². The lowest BCUT2D eigenvalue weighted by Gasteiger charge is -2.27. The highest BCUT2D eigenvalue weighted by molar-refractivity contribution is 5.85. The average Bonchev–Trinajstić information content (AvgIpc) is 2.47. The van der Waals surface area contributed by atoms with Gasteiger partial charge in [0.15, 0.2) is 0 Å². The molecule has 0 aromatic heterocycles. The number of nitrogens with zero attached hydrogens (tertiary/aromatic N) is 1. The lowest BCUT2D eigenvalue weighted by atomic mass is 10.0. The average molecular weight is 299 g/mol. The molecule has 1 atom stereocenters. The summed E-state index contributed by atoms with van der Waals surface area (Å²) < 4.78 is 5.20. The number of halogens is 1. The summed E-state index contributed by atoms with van der Waals surface area (Å²) in [5.74, 6) is 1.01. The molecule has 112 valence electrons. The fourth-order valence-corrected chi connectivity index (χ4v) is 2.45. The van der Waals surface area contributed by atoms with Crippen LogP contribution in [0.3, 0.4) is 0 Å². The van der Waals surface area contributed by atoms with E-state index in [-0.39, 0.29) is 24.4 Å². The quantitative estimate of drug-likeness (QED) is 0.927. The molecule has 5 heteroatoms. The van der Waals surface area contributed by atoms with Gasteiger partial charge in [-0.05, 0) is 37.1 Å². The molecule has 0 saturated carbocycles. The molecule has 1 heterocycles. The molecule has 1 aliphatic rings. The van der Waals surface area contributed by atoms with Crippen LogP contribution in [0.4, 0.5) is 0 Å². The fourth-order valence-electron chi connectivity index (χ4n) is 2.45. The van der Waals surface area contributed by atoms with Crippen LogP contribution >= 0.6 is 12.4 Å². The third-order valence-corrected chi connectivity index (χ3v) is 3.54. The highest BCUT2D eigenvalue weighted by Crippen LogP contribution is 2.15. The molecule has 0 aliphatic carbocycles. The zero-order valence-corrected chi connectivity index (χ0v) is 12.9. The monoisotopic (exact) mass is 298 g/mol. The van der Waals surface area contributed by atoms with Crippen LogP contribution in [0.15, 0.2) is 24.3 Å². The summed E-state index contributed by atoms with van der Waals surface area (Å²) in [5, 5.41) is 3.29. The summed E-state index contributed by atoms with van der Waals surface area (Å²) in [6.45, 7) is 1.57. The topological polar surface area (TPSA) is 41.6 Å². The molecule has 0 spiro atoms. The van der Waals surface area contributed by atoms with Gasteiger partial charge >= 0.3 is 0 Å². The summed E-state index contributed by atoms with van der Waals surface area (Å²) in [6, 6.07) is 7.84. The Kier molecular flexibility index (Phi) is 6.82. The first-order valence-corrected chi connectivity index (χ1v) is 6.82. The van der Waals surface area contributed by atoms with Crippen LogP contribution in [0.5, 0.6) is 5.75 Å². The molecule has 1 fully saturated rings. The highest BCUT2D eigenvalue weighted by atomic mass is 35.5. The first-order chi connectivity index (χ1) is 9.20. The van der Waals surface area contributed by atoms with Gasteiger partial charge in [-0.1, -0.05) is 18.6 Å². The number of methoxy groups -OCH3 is 1. The van der Waals surface area contributed by atoms with Crippen molar-refractivity contribution in [3.8, 4) is 5.75 Å². The number of carbonyl (C=O) groups is 1. The molecular formula is C15H23ClN2O2. The highest BCUT2D eigenvalue weighted by Gasteiger charge is 2.23. The van der Waals surface area contributed by atoms with Gasteiger partial charge in [-0.3, -0.25) is 4.79 Å². The number of benzene rings is 1. The molecular weight excluding hydrogens is 276 g/mol. The van der Waals surface area contributed by atoms with Crippen molar-refractivity contribution in [3.63, 3.8) is 0 Å². The zero-order valence-electron chi connectivity index (χ0n) is 12.1. The second-order valence-corrected chi connectivity index (χ2v) is 5.05. The van der Waals surface area contributed by atoms with E-state index in [1.54, 1.807) is 12.0 Å². The molecule has 1 N–H and O–H groups in total. The molecule has 1 aromatic carbocycles. The third kappa shape index (κ3) is 4.39. The van der Waals surface area contributed by atoms with Crippen LogP contribution < -0.4 is 10.1 Å². The lowest BCUT2D eigenvalue weighted by Crippen LogP contribution is -2.46. The first-order valence-electron chi connectivity index (χ1n) is 6.82. The van der Waals surface area contributed by atoms with E-state index in [9.17, 15) is 4.79 Å². The van der Waals surface area contributed by atoms with Crippen LogP contribution in [0.1, 0.15) is 24.8 Å². The summed E-state index contributed by atoms with van der Waals surface area (Å²) in [7, 11) is 3.51. The normalized spacial score (nSPS) is 18.0. The molecule has 0 unspecified atom stereocenters. The van der Waals surface area contributed by atoms with E-state index < -0.39 is 0 Å². The van der Waals surface area contributed by atoms with E-state index in [1.807, 2.05) is 31.3 Å². The largest absolute Gasteiger partial charge is 0.497 e. The molecule has 4 nitrogen and oxygen atoms in total. The van der Waals surface area contributed by atoms with Gasteiger partial charge < -0.3 is 15.0 Å². The van der Waals surface area contributed by atoms with E-state index >= 15 is 0 Å². The number of piperidine rings is 1. The van der Waals surface area contributed by atoms with Crippen LogP contribution in [0.2, 0.25) is 0 Å². The van der Waals surface area contributed by atoms with Crippen molar-refractivity contribution in [2.75, 3.05) is 20.7 Å². The third-order valence-electron chi connectivity index (χ3n) is 3.54. The number of carbonyl (C=O) groups excluding carboxylic acids is 1. The van der Waals surface area contributed by atoms with Crippen molar-refractivity contribution < 1.29 is 9.53 Å². The van der Waals surface area contributed by atoms with Crippen molar-refractivity contribution in [2.24, 2.45) is 0 Å². The molecule has 20 heavy (non-hydrogen) atoms. The number of ether oxygens (including phenoxy) is 1. The Morgan fingerprint density at radius 1 is 1.45 bits per heavy atom. The summed E-state index contributed by atoms with van der Waals surface area (Å²) in [6.07, 6.45) is 3.25. The summed E-state index contributed by atoms with van der Waals surface area (Å²) in [5.41, 5.74) is 1.09. The fraction of sp³-hybridized carbons (Fsp3) is 0.533. The van der Waals surface area contributed by atoms with E-state index in [4.69, 9.17) is 4.74 Å². The Morgan fingerprint density at radius 2 is 2.25 bits per heavy atom. The van der Waals surface area contributed by atoms with Gasteiger partial charge in [0.05, 0.1) is 13.2 Å². The zero-order chi connectivity index (χ0) is 13.7. The Labute approximate surface area is 126 Å². The SMILES string of the molecule is COc1cccc(CN(C)C(=O)[C@@H]2CCCCN2)c1.Cl. The van der Waals surface area contributed by atoms with E-state index in [2.05, 4.69) is 5.32 Å². The number of nitrogens with one attached hydrogen (secondary N) is 1. The minimum Gasteiger partial charge on any atom is -0.497 e. The molecule has 1 aliphatic heterocycles. The Morgan fingerprint density at radius 3 is 2.90 bits per heavy atom. The summed E-state index contributed by atoms with van der Waals surface area (Å²) >= 11 is 0. The summed E-state index contributed by atoms with van der Waals surface area (Å²) in [4.78, 5) is 14.1. The van der Waals surface area contributed by atoms with Crippen LogP contribution in [0.25, 0.3) is 0 Å². The van der Waals surface area contributed by atoms with Crippen molar-refractivity contribution in [1.29, 1.82) is 0 Å². The minimum atomic E-state index is -0.00985. The molecule has 1 amide bonds. The number of amides is 1. The smallest absolute Gasteiger partial charge is 0.239 e. The van der Waals surface area contributed by atoms with Gasteiger partial charge in [0.2, 0.25) is 5.91 Å². The predicted octanol–water partition coefficient (Wildman–Crippen LogP) is 2.22. The maximum absolute atomic E-state index is 12.3. The Balaban J connectivity index is 0.00000200. The van der Waals surface area contributed by atoms with Gasteiger partial charge in [-0.25, -0.2) is 0 Å². The second kappa shape index (κ2) is 8.12. The standard InChI is InChI=1S/C15H22N2O2.ClH/c1-17(15(18)14-8-3-4-9-16-14)11-12-6-5-7-13(10-12)19-2;/h5-7,10,14,16H,3-4,8-9,11H2,1-2H3;1H/t14-;/m0./s1. The van der Waals surface area contributed by atoms with Crippen molar-refractivity contribution in [2.45, 2.75) is 31.8 Å². The van der Waals surface area contributed by atoms with Crippen molar-refractivity contribution in [3.05, 3.63) is 29.8 Å². The number of rotatable bonds is 4. The van der Waals surface area contributed by atoms with E-state index in [0.29, 0.717) is 6.54 Å². The Hall–Kier alpha value is -1.26. The van der Waals surface area contributed by atoms with Gasteiger partial charge in [0, 0.05) is 13.6 Å². The molecule has 2 rings (SSSR count). The second-order valence-electron chi connectivity index (χ2n) is 5.05. The molecule has 1 aromatic rings. The maximum atomic E-state index is 12.3. The van der Waals surface area contributed by atoms with Crippen LogP contribution in [-0.4, -0.2) is 37.6 Å². The van der Waals surface area contributed by atoms with Crippen LogP contribution in [-0.2, 0) is 11.3 Å². The minimum absolute atomic E-state index is 0. The predicted molar refractivity (Wildman–Crippen MR) is 82.4 cm³/mol. The number of likely N-dealkylation sites (N-methyl/N-ethyl adjacent to an activating group) is 1. The molecule has 1 saturated heterocycles. The molecule has 0 radical (unpaired) electrons. The van der Waals surface area contributed by atoms with E-state index in [1.165, 1.54) is 6.42 Å². The van der Waals surface area contributed by atoms with Gasteiger partial charge in [0.25, 0.3) is 0 Å². The first kappa shape index (κ1) is 16.8. The van der Waals surface area contributed by atoms with E-state index in [0.717, 1.165) is 30.7 Å². The van der Waals surface area contributed by atoms with Crippen molar-refractivity contribution >= 4 is 18.3 Å². The van der Waals surface area contributed by atoms with Crippen LogP contribution in [0, 0.1) is 0 Å². The maximum Gasteiger partial charge on any atom is 0.239 e. The van der Waals surface area contributed by atoms with Crippen molar-refractivity contribution in [1.82, 2.24) is 10.2 Å². The van der Waals surface area contributed by atoms with Gasteiger partial charge in [0.1, 0.15) is 5.75 Å².